The van der Waals surface area contributed by atoms with Crippen LogP contribution < -0.4 is 11.1 Å². The van der Waals surface area contributed by atoms with E-state index in [9.17, 15) is 19.5 Å². The molecular weight excluding hydrogens is 660 g/mol. The number of nitrogens with zero attached hydrogens (tertiary/aromatic N) is 2. The van der Waals surface area contributed by atoms with Crippen molar-refractivity contribution in [2.45, 2.75) is 128 Å². The molecule has 2 aromatic carbocycles. The quantitative estimate of drug-likeness (QED) is 0.130. The van der Waals surface area contributed by atoms with Crippen LogP contribution >= 0.6 is 0 Å². The molecule has 1 aliphatic carbocycles. The van der Waals surface area contributed by atoms with Gasteiger partial charge in [-0.3, -0.25) is 9.59 Å². The maximum atomic E-state index is 14.3. The van der Waals surface area contributed by atoms with E-state index in [2.05, 4.69) is 10.3 Å². The largest absolute Gasteiger partial charge is 0.444 e. The first kappa shape index (κ1) is 39.4. The number of aliphatic hydroxyl groups is 1. The lowest BCUT2D eigenvalue weighted by Crippen LogP contribution is -2.49. The molecule has 2 amide bonds. The molecule has 5 rings (SSSR count). The molecular formula is C41H58N4O7. The molecule has 2 aliphatic rings. The number of aryl methyl sites for hydroxylation is 1. The van der Waals surface area contributed by atoms with E-state index in [4.69, 9.17) is 19.6 Å². The number of nitrogens with two attached hydrogens (primary N) is 1. The second-order valence-corrected chi connectivity index (χ2v) is 15.7. The molecule has 1 unspecified atom stereocenters. The molecule has 52 heavy (non-hydrogen) atoms. The summed E-state index contributed by atoms with van der Waals surface area (Å²) in [5, 5.41) is 14.4. The van der Waals surface area contributed by atoms with Gasteiger partial charge in [0.05, 0.1) is 18.2 Å². The Bertz CT molecular complexity index is 1550. The number of hydrogen-bond donors (Lipinski definition) is 3. The number of carbonyl (C=O) groups excluding carboxylic acids is 3. The van der Waals surface area contributed by atoms with Crippen LogP contribution in [0.5, 0.6) is 0 Å². The summed E-state index contributed by atoms with van der Waals surface area (Å²) in [5.74, 6) is -0.266. The highest BCUT2D eigenvalue weighted by molar-refractivity contribution is 5.91. The Morgan fingerprint density at radius 2 is 1.75 bits per heavy atom. The molecule has 1 saturated carbocycles. The maximum Gasteiger partial charge on any atom is 0.407 e. The van der Waals surface area contributed by atoms with E-state index in [-0.39, 0.29) is 30.1 Å². The molecule has 0 radical (unpaired) electrons. The van der Waals surface area contributed by atoms with E-state index >= 15 is 0 Å². The summed E-state index contributed by atoms with van der Waals surface area (Å²) >= 11 is 0. The number of unbranched alkanes of at least 4 members (excludes halogenated alkanes) is 1. The number of rotatable bonds is 17. The van der Waals surface area contributed by atoms with E-state index in [1.54, 1.807) is 11.0 Å². The van der Waals surface area contributed by atoms with E-state index < -0.39 is 35.8 Å². The van der Waals surface area contributed by atoms with Crippen LogP contribution in [0.1, 0.15) is 109 Å². The topological polar surface area (TPSA) is 157 Å². The summed E-state index contributed by atoms with van der Waals surface area (Å²) < 4.78 is 17.7. The van der Waals surface area contributed by atoms with Crippen molar-refractivity contribution in [2.75, 3.05) is 19.7 Å². The van der Waals surface area contributed by atoms with Gasteiger partial charge < -0.3 is 34.9 Å². The highest BCUT2D eigenvalue weighted by Gasteiger charge is 2.42. The van der Waals surface area contributed by atoms with E-state index in [0.717, 1.165) is 18.4 Å². The van der Waals surface area contributed by atoms with Gasteiger partial charge in [-0.25, -0.2) is 9.78 Å². The van der Waals surface area contributed by atoms with Gasteiger partial charge in [0.15, 0.2) is 11.4 Å². The van der Waals surface area contributed by atoms with Crippen molar-refractivity contribution in [1.82, 2.24) is 15.2 Å². The summed E-state index contributed by atoms with van der Waals surface area (Å²) in [6.07, 6.45) is 7.31. The minimum absolute atomic E-state index is 0.0163. The fourth-order valence-electron chi connectivity index (χ4n) is 7.42. The lowest BCUT2D eigenvalue weighted by Gasteiger charge is -2.28. The van der Waals surface area contributed by atoms with Gasteiger partial charge in [-0.1, -0.05) is 68.1 Å². The highest BCUT2D eigenvalue weighted by Crippen LogP contribution is 2.34. The average molecular weight is 719 g/mol. The van der Waals surface area contributed by atoms with E-state index in [1.807, 2.05) is 69.3 Å². The van der Waals surface area contributed by atoms with E-state index in [0.29, 0.717) is 75.2 Å². The van der Waals surface area contributed by atoms with Crippen molar-refractivity contribution in [3.8, 4) is 0 Å². The number of Topliss-reactive ketones (excluding diaryl/α,β-unsaturated/α-hetero) is 1. The molecule has 284 valence electrons. The van der Waals surface area contributed by atoms with Crippen LogP contribution in [0.3, 0.4) is 0 Å². The number of benzene rings is 2. The van der Waals surface area contributed by atoms with Gasteiger partial charge >= 0.3 is 6.09 Å². The number of fused-ring (bicyclic) bond motifs is 1. The number of nitrogens with one attached hydrogen (secondary N) is 1. The lowest BCUT2D eigenvalue weighted by molar-refractivity contribution is -0.139. The number of amides is 2. The van der Waals surface area contributed by atoms with Crippen LogP contribution in [0.2, 0.25) is 0 Å². The van der Waals surface area contributed by atoms with Crippen LogP contribution in [-0.4, -0.2) is 76.3 Å². The predicted molar refractivity (Wildman–Crippen MR) is 199 cm³/mol. The normalized spacial score (nSPS) is 20.1. The third-order valence-electron chi connectivity index (χ3n) is 10.3. The minimum atomic E-state index is -1.15. The van der Waals surface area contributed by atoms with Crippen LogP contribution in [0.25, 0.3) is 11.1 Å². The molecule has 11 nitrogen and oxygen atoms in total. The number of carbonyl (C=O) groups is 3. The number of oxazole rings is 1. The van der Waals surface area contributed by atoms with Crippen LogP contribution in [0, 0.1) is 11.8 Å². The fourth-order valence-corrected chi connectivity index (χ4v) is 7.42. The molecule has 1 aliphatic heterocycles. The fraction of sp³-hybridized carbons (Fsp3) is 0.610. The zero-order valence-electron chi connectivity index (χ0n) is 31.1. The molecule has 11 heteroatoms. The Labute approximate surface area is 308 Å². The Hall–Kier alpha value is -3.80. The summed E-state index contributed by atoms with van der Waals surface area (Å²) in [5.41, 5.74) is 8.20. The lowest BCUT2D eigenvalue weighted by atomic mass is 9.88. The van der Waals surface area contributed by atoms with E-state index in [1.165, 1.54) is 19.3 Å². The van der Waals surface area contributed by atoms with Crippen molar-refractivity contribution in [1.29, 1.82) is 0 Å². The monoisotopic (exact) mass is 718 g/mol. The third kappa shape index (κ3) is 11.6. The molecule has 1 aromatic heterocycles. The predicted octanol–water partition coefficient (Wildman–Crippen LogP) is 6.66. The number of aliphatic hydroxyl groups excluding tert-OH is 1. The third-order valence-corrected chi connectivity index (χ3v) is 10.3. The van der Waals surface area contributed by atoms with Gasteiger partial charge in [0, 0.05) is 38.5 Å². The molecule has 4 N–H and O–H groups in total. The van der Waals surface area contributed by atoms with Gasteiger partial charge in [-0.2, -0.15) is 0 Å². The number of ether oxygens (including phenoxy) is 2. The smallest absolute Gasteiger partial charge is 0.407 e. The second kappa shape index (κ2) is 18.8. The summed E-state index contributed by atoms with van der Waals surface area (Å²) in [4.78, 5) is 46.6. The first-order valence-corrected chi connectivity index (χ1v) is 19.2. The molecule has 0 bridgehead atoms. The number of para-hydroxylation sites is 2. The Kier molecular flexibility index (Phi) is 14.2. The number of alkyl carbamates (subject to hydrolysis) is 1. The van der Waals surface area contributed by atoms with Gasteiger partial charge in [0.25, 0.3) is 0 Å². The Morgan fingerprint density at radius 3 is 2.48 bits per heavy atom. The first-order valence-electron chi connectivity index (χ1n) is 19.2. The minimum Gasteiger partial charge on any atom is -0.444 e. The van der Waals surface area contributed by atoms with Gasteiger partial charge in [-0.05, 0) is 82.9 Å². The van der Waals surface area contributed by atoms with Crippen molar-refractivity contribution in [3.05, 3.63) is 66.1 Å². The molecule has 3 aromatic rings. The van der Waals surface area contributed by atoms with Gasteiger partial charge in [0.2, 0.25) is 11.8 Å². The van der Waals surface area contributed by atoms with Crippen molar-refractivity contribution in [2.24, 2.45) is 17.6 Å². The highest BCUT2D eigenvalue weighted by atomic mass is 16.6. The maximum absolute atomic E-state index is 14.3. The second-order valence-electron chi connectivity index (χ2n) is 15.7. The number of hydrogen-bond acceptors (Lipinski definition) is 9. The number of ketones is 1. The zero-order valence-corrected chi connectivity index (χ0v) is 31.1. The zero-order chi connectivity index (χ0) is 37.1. The molecule has 1 saturated heterocycles. The molecule has 2 heterocycles. The van der Waals surface area contributed by atoms with Crippen molar-refractivity contribution in [3.63, 3.8) is 0 Å². The van der Waals surface area contributed by atoms with Crippen LogP contribution in [-0.2, 0) is 25.5 Å². The molecule has 2 fully saturated rings. The first-order chi connectivity index (χ1) is 25.0. The standard InChI is InChI=1S/C41H58N4O7/c1-41(2,3)52-40(49)43-23-13-12-18-30(37(47)38-44-33-19-10-11-20-36(33)51-38)24-35(46)34-25-31(50-27-29-16-8-5-9-17-29)26-45(34)39(48)32(42)22-21-28-14-6-4-7-15-28/h4,6-7,10-11,14-15,19-20,29-32,34,37,47H,5,8-9,12-13,16-18,21-27,42H2,1-3H3,(H,43,49)/t30-,31-,32-,34+,37?/m1/s1. The van der Waals surface area contributed by atoms with Crippen LogP contribution in [0.15, 0.2) is 59.0 Å². The number of aromatic nitrogens is 1. The van der Waals surface area contributed by atoms with Crippen molar-refractivity contribution >= 4 is 28.9 Å². The van der Waals surface area contributed by atoms with Gasteiger partial charge in [-0.15, -0.1) is 0 Å². The van der Waals surface area contributed by atoms with Crippen LogP contribution in [0.4, 0.5) is 4.79 Å². The average Bonchev–Trinajstić information content (AvgIpc) is 3.77. The summed E-state index contributed by atoms with van der Waals surface area (Å²) in [6, 6.07) is 15.8. The van der Waals surface area contributed by atoms with Crippen molar-refractivity contribution < 1.29 is 33.4 Å². The SMILES string of the molecule is CC(C)(C)OC(=O)NCCCC[C@H](CC(=O)[C@@H]1C[C@@H](OCC2CCCCC2)CN1C(=O)[C@H](N)CCc1ccccc1)C(O)c1nc2ccccc2o1. The molecule has 0 spiro atoms. The summed E-state index contributed by atoms with van der Waals surface area (Å²) in [6.45, 7) is 6.76. The summed E-state index contributed by atoms with van der Waals surface area (Å²) in [7, 11) is 0. The van der Waals surface area contributed by atoms with Gasteiger partial charge in [0.1, 0.15) is 17.2 Å². The number of likely N-dealkylation sites (tertiary alicyclic amines) is 1. The Balaban J connectivity index is 1.28. The Morgan fingerprint density at radius 1 is 1.02 bits per heavy atom. The molecule has 5 atom stereocenters.